The smallest absolute Gasteiger partial charge is 0.229 e. The van der Waals surface area contributed by atoms with Crippen molar-refractivity contribution in [2.24, 2.45) is 0 Å². The number of aromatic hydroxyl groups is 6. The fourth-order valence-corrected chi connectivity index (χ4v) is 8.67. The summed E-state index contributed by atoms with van der Waals surface area (Å²) in [5, 5.41) is 106. The maximum absolute atomic E-state index is 11.5. The molecule has 1 fully saturated rings. The fourth-order valence-electron chi connectivity index (χ4n) is 8.67. The van der Waals surface area contributed by atoms with E-state index in [1.54, 1.807) is 66.7 Å². The molecule has 62 heavy (non-hydrogen) atoms. The molecular formula is C48H42O14. The third-order valence-electron chi connectivity index (χ3n) is 11.6. The zero-order valence-electron chi connectivity index (χ0n) is 32.6. The van der Waals surface area contributed by atoms with Crippen molar-refractivity contribution in [1.82, 2.24) is 0 Å². The van der Waals surface area contributed by atoms with Crippen molar-refractivity contribution >= 4 is 12.2 Å². The van der Waals surface area contributed by atoms with Crippen LogP contribution in [0.5, 0.6) is 51.7 Å². The van der Waals surface area contributed by atoms with Crippen LogP contribution in [0, 0.1) is 0 Å². The number of ether oxygens (including phenoxy) is 4. The predicted molar refractivity (Wildman–Crippen MR) is 222 cm³/mol. The molecule has 318 valence electrons. The van der Waals surface area contributed by atoms with Crippen LogP contribution in [-0.4, -0.2) is 88.4 Å². The lowest BCUT2D eigenvalue weighted by molar-refractivity contribution is -0.277. The third kappa shape index (κ3) is 7.54. The second kappa shape index (κ2) is 16.2. The van der Waals surface area contributed by atoms with E-state index in [-0.39, 0.29) is 40.2 Å². The lowest BCUT2D eigenvalue weighted by Crippen LogP contribution is -2.60. The molecule has 14 heteroatoms. The summed E-state index contributed by atoms with van der Waals surface area (Å²) in [6.45, 7) is -0.677. The molecule has 1 saturated heterocycles. The summed E-state index contributed by atoms with van der Waals surface area (Å²) >= 11 is 0. The van der Waals surface area contributed by atoms with Gasteiger partial charge < -0.3 is 70.0 Å². The zero-order valence-corrected chi connectivity index (χ0v) is 32.6. The zero-order chi connectivity index (χ0) is 43.4. The molecule has 0 radical (unpaired) electrons. The number of phenols is 6. The first-order chi connectivity index (χ1) is 29.8. The van der Waals surface area contributed by atoms with Crippen LogP contribution in [0.15, 0.2) is 115 Å². The molecule has 0 aromatic heterocycles. The SMILES string of the molecule is OCC1OC(Oc2cc(O)cc(C3c4c(cc(O)cc4C4c5c(/C=C\c6ccc(O)cc6)cc(O)cc5OC4c4ccc(O)cc4)OC3c3ccc(O)cc3)c2)C(O)C(O)C1O. The molecule has 0 spiro atoms. The first-order valence-corrected chi connectivity index (χ1v) is 19.8. The third-order valence-corrected chi connectivity index (χ3v) is 11.6. The van der Waals surface area contributed by atoms with Crippen molar-refractivity contribution in [2.45, 2.75) is 54.7 Å². The summed E-state index contributed by atoms with van der Waals surface area (Å²) in [5.41, 5.74) is 4.84. The molecule has 0 amide bonds. The van der Waals surface area contributed by atoms with Gasteiger partial charge in [-0.05, 0) is 94.0 Å². The summed E-state index contributed by atoms with van der Waals surface area (Å²) in [6.07, 6.45) is -5.87. The van der Waals surface area contributed by atoms with Crippen LogP contribution in [0.3, 0.4) is 0 Å². The maximum atomic E-state index is 11.5. The highest BCUT2D eigenvalue weighted by atomic mass is 16.7. The largest absolute Gasteiger partial charge is 0.508 e. The van der Waals surface area contributed by atoms with Gasteiger partial charge >= 0.3 is 0 Å². The standard InChI is InChI=1S/C48H42O14/c49-22-38-43(56)44(57)45(58)48(62-38)59-34-17-27(16-31(53)18-34)40-41-35(19-33(55)21-37(41)61-46(40)24-5-11-29(51)12-6-24)42-39-26(4-1-23-2-9-28(50)10-3-23)15-32(54)20-36(39)60-47(42)25-7-13-30(52)14-8-25/h1-21,38,40,42-58H,22H2/b4-1-. The van der Waals surface area contributed by atoms with Gasteiger partial charge in [-0.3, -0.25) is 0 Å². The van der Waals surface area contributed by atoms with Gasteiger partial charge in [0.2, 0.25) is 6.29 Å². The Balaban J connectivity index is 1.23. The molecule has 9 rings (SSSR count). The van der Waals surface area contributed by atoms with Crippen molar-refractivity contribution in [3.8, 4) is 51.7 Å². The van der Waals surface area contributed by atoms with E-state index in [4.69, 9.17) is 18.9 Å². The van der Waals surface area contributed by atoms with Gasteiger partial charge in [0.25, 0.3) is 0 Å². The second-order valence-electron chi connectivity index (χ2n) is 15.6. The minimum Gasteiger partial charge on any atom is -0.508 e. The molecule has 6 aromatic rings. The Morgan fingerprint density at radius 2 is 1.05 bits per heavy atom. The average Bonchev–Trinajstić information content (AvgIpc) is 3.83. The summed E-state index contributed by atoms with van der Waals surface area (Å²) in [5.74, 6) is -1.17. The van der Waals surface area contributed by atoms with Crippen LogP contribution in [0.25, 0.3) is 12.2 Å². The van der Waals surface area contributed by atoms with Crippen LogP contribution in [0.2, 0.25) is 0 Å². The number of benzene rings is 6. The lowest BCUT2D eigenvalue weighted by Gasteiger charge is -2.39. The molecule has 0 aliphatic carbocycles. The number of phenolic OH excluding ortho intramolecular Hbond substituents is 6. The Morgan fingerprint density at radius 3 is 1.66 bits per heavy atom. The van der Waals surface area contributed by atoms with E-state index in [1.165, 1.54) is 48.5 Å². The van der Waals surface area contributed by atoms with Crippen LogP contribution >= 0.6 is 0 Å². The van der Waals surface area contributed by atoms with Gasteiger partial charge in [0.15, 0.2) is 0 Å². The molecule has 3 aliphatic rings. The van der Waals surface area contributed by atoms with E-state index in [2.05, 4.69) is 0 Å². The lowest BCUT2D eigenvalue weighted by atomic mass is 9.75. The van der Waals surface area contributed by atoms with E-state index in [9.17, 15) is 51.1 Å². The minimum atomic E-state index is -1.73. The van der Waals surface area contributed by atoms with Gasteiger partial charge in [0.1, 0.15) is 88.4 Å². The minimum absolute atomic E-state index is 0.00351. The second-order valence-corrected chi connectivity index (χ2v) is 15.6. The van der Waals surface area contributed by atoms with E-state index >= 15 is 0 Å². The van der Waals surface area contributed by atoms with E-state index in [0.717, 1.165) is 5.56 Å². The highest BCUT2D eigenvalue weighted by Gasteiger charge is 2.47. The van der Waals surface area contributed by atoms with E-state index in [0.29, 0.717) is 50.4 Å². The molecule has 6 aromatic carbocycles. The highest BCUT2D eigenvalue weighted by Crippen LogP contribution is 2.60. The van der Waals surface area contributed by atoms with E-state index in [1.807, 2.05) is 12.2 Å². The monoisotopic (exact) mass is 842 g/mol. The molecule has 3 heterocycles. The Hall–Kier alpha value is -6.94. The van der Waals surface area contributed by atoms with Crippen LogP contribution in [-0.2, 0) is 4.74 Å². The normalized spacial score (nSPS) is 25.2. The number of hydrogen-bond acceptors (Lipinski definition) is 14. The first kappa shape index (κ1) is 40.5. The van der Waals surface area contributed by atoms with Gasteiger partial charge in [-0.1, -0.05) is 48.6 Å². The molecule has 3 aliphatic heterocycles. The summed E-state index contributed by atoms with van der Waals surface area (Å²) in [7, 11) is 0. The van der Waals surface area contributed by atoms with Crippen molar-refractivity contribution in [3.63, 3.8) is 0 Å². The van der Waals surface area contributed by atoms with Gasteiger partial charge in [-0.2, -0.15) is 0 Å². The number of rotatable bonds is 9. The van der Waals surface area contributed by atoms with Gasteiger partial charge in [0, 0.05) is 29.3 Å². The summed E-state index contributed by atoms with van der Waals surface area (Å²) in [4.78, 5) is 0. The summed E-state index contributed by atoms with van der Waals surface area (Å²) < 4.78 is 25.1. The molecule has 0 saturated carbocycles. The van der Waals surface area contributed by atoms with Crippen LogP contribution in [0.4, 0.5) is 0 Å². The quantitative estimate of drug-likeness (QED) is 0.0775. The van der Waals surface area contributed by atoms with Crippen molar-refractivity contribution < 1.29 is 70.0 Å². The number of hydrogen-bond donors (Lipinski definition) is 10. The van der Waals surface area contributed by atoms with Crippen LogP contribution in [0.1, 0.15) is 68.6 Å². The highest BCUT2D eigenvalue weighted by molar-refractivity contribution is 5.76. The Morgan fingerprint density at radius 1 is 0.500 bits per heavy atom. The van der Waals surface area contributed by atoms with Crippen molar-refractivity contribution in [2.75, 3.05) is 6.61 Å². The molecular weight excluding hydrogens is 801 g/mol. The van der Waals surface area contributed by atoms with Gasteiger partial charge in [0.05, 0.1) is 18.4 Å². The molecule has 9 unspecified atom stereocenters. The predicted octanol–water partition coefficient (Wildman–Crippen LogP) is 5.80. The van der Waals surface area contributed by atoms with Crippen molar-refractivity contribution in [1.29, 1.82) is 0 Å². The number of aliphatic hydroxyl groups is 4. The van der Waals surface area contributed by atoms with Crippen LogP contribution < -0.4 is 14.2 Å². The van der Waals surface area contributed by atoms with Gasteiger partial charge in [-0.25, -0.2) is 0 Å². The Bertz CT molecular complexity index is 2630. The van der Waals surface area contributed by atoms with Crippen molar-refractivity contribution in [3.05, 3.63) is 160 Å². The van der Waals surface area contributed by atoms with Gasteiger partial charge in [-0.15, -0.1) is 0 Å². The number of fused-ring (bicyclic) bond motifs is 2. The first-order valence-electron chi connectivity index (χ1n) is 19.8. The fraction of sp³-hybridized carbons (Fsp3) is 0.208. The Kier molecular flexibility index (Phi) is 10.5. The molecule has 14 nitrogen and oxygen atoms in total. The molecule has 10 N–H and O–H groups in total. The molecule has 0 bridgehead atoms. The number of aliphatic hydroxyl groups excluding tert-OH is 4. The average molecular weight is 843 g/mol. The van der Waals surface area contributed by atoms with E-state index < -0.39 is 61.4 Å². The topological polar surface area (TPSA) is 239 Å². The molecule has 9 atom stereocenters. The Labute approximate surface area is 354 Å². The maximum Gasteiger partial charge on any atom is 0.229 e. The summed E-state index contributed by atoms with van der Waals surface area (Å²) in [6, 6.07) is 30.1.